The number of sulfone groups is 2. The molecule has 2 aromatic carbocycles. The van der Waals surface area contributed by atoms with Gasteiger partial charge in [-0.1, -0.05) is 0 Å². The molecule has 2 amide bonds. The van der Waals surface area contributed by atoms with Crippen LogP contribution in [0.5, 0.6) is 0 Å². The number of rotatable bonds is 11. The van der Waals surface area contributed by atoms with E-state index in [1.165, 1.54) is 52.0 Å². The molecular formula is C22H26N4O10S2. The lowest BCUT2D eigenvalue weighted by molar-refractivity contribution is -0.458. The summed E-state index contributed by atoms with van der Waals surface area (Å²) in [7, 11) is -8.34. The number of amides is 2. The van der Waals surface area contributed by atoms with Crippen molar-refractivity contribution in [2.75, 3.05) is 22.4 Å². The van der Waals surface area contributed by atoms with Gasteiger partial charge in [0.15, 0.2) is 0 Å². The number of aryl methyl sites for hydroxylation is 4. The van der Waals surface area contributed by atoms with Gasteiger partial charge in [-0.3, -0.25) is 29.8 Å². The Bertz CT molecular complexity index is 1370. The monoisotopic (exact) mass is 570 g/mol. The van der Waals surface area contributed by atoms with Gasteiger partial charge >= 0.3 is 11.8 Å². The van der Waals surface area contributed by atoms with Crippen LogP contribution in [0, 0.1) is 47.9 Å². The Morgan fingerprint density at radius 3 is 1.16 bits per heavy atom. The lowest BCUT2D eigenvalue weighted by Gasteiger charge is -2.13. The van der Waals surface area contributed by atoms with Crippen molar-refractivity contribution in [3.8, 4) is 0 Å². The molecule has 0 fully saturated rings. The van der Waals surface area contributed by atoms with Crippen molar-refractivity contribution in [1.29, 1.82) is 0 Å². The summed E-state index contributed by atoms with van der Waals surface area (Å²) < 4.78 is 49.1. The molecule has 0 spiro atoms. The lowest BCUT2D eigenvalue weighted by Crippen LogP contribution is -2.19. The maximum Gasteiger partial charge on any atom is 0.305 e. The average molecular weight is 571 g/mol. The molecule has 0 aromatic heterocycles. The van der Waals surface area contributed by atoms with Crippen LogP contribution < -0.4 is 10.6 Å². The first-order valence-corrected chi connectivity index (χ1v) is 14.2. The summed E-state index contributed by atoms with van der Waals surface area (Å²) in [6.07, 6.45) is -0.475. The van der Waals surface area contributed by atoms with E-state index >= 15 is 0 Å². The van der Waals surface area contributed by atoms with Crippen molar-refractivity contribution in [3.63, 3.8) is 0 Å². The van der Waals surface area contributed by atoms with Gasteiger partial charge in [-0.2, -0.15) is 0 Å². The molecule has 206 valence electrons. The normalized spacial score (nSPS) is 11.6. The van der Waals surface area contributed by atoms with E-state index in [1.54, 1.807) is 0 Å². The predicted octanol–water partition coefficient (Wildman–Crippen LogP) is 2.29. The van der Waals surface area contributed by atoms with Crippen molar-refractivity contribution >= 4 is 42.9 Å². The van der Waals surface area contributed by atoms with Gasteiger partial charge in [0.05, 0.1) is 9.79 Å². The summed E-state index contributed by atoms with van der Waals surface area (Å²) in [6.45, 7) is 5.78. The molecule has 2 aromatic rings. The number of carbonyl (C=O) groups is 2. The van der Waals surface area contributed by atoms with E-state index in [0.717, 1.165) is 0 Å². The Balaban J connectivity index is 2.06. The van der Waals surface area contributed by atoms with Crippen molar-refractivity contribution < 1.29 is 36.3 Å². The Kier molecular flexibility index (Phi) is 9.28. The quantitative estimate of drug-likeness (QED) is 0.297. The van der Waals surface area contributed by atoms with Crippen LogP contribution in [-0.2, 0) is 29.3 Å². The van der Waals surface area contributed by atoms with Crippen LogP contribution in [0.2, 0.25) is 0 Å². The summed E-state index contributed by atoms with van der Waals surface area (Å²) in [5, 5.41) is 26.5. The van der Waals surface area contributed by atoms with Gasteiger partial charge in [0.2, 0.25) is 31.5 Å². The molecule has 0 bridgehead atoms. The van der Waals surface area contributed by atoms with Gasteiger partial charge in [-0.15, -0.1) is 0 Å². The minimum atomic E-state index is -4.17. The second kappa shape index (κ2) is 11.6. The first-order chi connectivity index (χ1) is 17.4. The molecule has 0 saturated carbocycles. The highest BCUT2D eigenvalue weighted by Gasteiger charge is 2.27. The second-order valence-corrected chi connectivity index (χ2v) is 12.4. The summed E-state index contributed by atoms with van der Waals surface area (Å²) in [4.78, 5) is 43.8. The zero-order chi connectivity index (χ0) is 29.0. The fourth-order valence-corrected chi connectivity index (χ4v) is 7.12. The molecule has 0 radical (unpaired) electrons. The van der Waals surface area contributed by atoms with E-state index in [0.29, 0.717) is 0 Å². The Morgan fingerprint density at radius 1 is 0.658 bits per heavy atom. The van der Waals surface area contributed by atoms with E-state index < -0.39 is 53.1 Å². The number of nitrogens with one attached hydrogen (secondary N) is 2. The molecular weight excluding hydrogens is 544 g/mol. The highest BCUT2D eigenvalue weighted by Crippen LogP contribution is 2.27. The first kappa shape index (κ1) is 30.3. The second-order valence-electron chi connectivity index (χ2n) is 8.63. The van der Waals surface area contributed by atoms with Crippen LogP contribution in [0.3, 0.4) is 0 Å². The van der Waals surface area contributed by atoms with Crippen LogP contribution in [0.25, 0.3) is 0 Å². The van der Waals surface area contributed by atoms with Crippen molar-refractivity contribution in [2.45, 2.75) is 50.3 Å². The topological polar surface area (TPSA) is 213 Å². The van der Waals surface area contributed by atoms with Crippen LogP contribution >= 0.6 is 0 Å². The molecule has 14 nitrogen and oxygen atoms in total. The SMILES string of the molecule is Cc1cc(NC(=O)CCC(=O)Nc2cc(C)c(S(=O)(=O)C[N+](=O)[O-])c(C)c2)cc(C)c1S(=O)(=O)C[N+](=O)[O-]. The largest absolute Gasteiger partial charge is 0.326 e. The summed E-state index contributed by atoms with van der Waals surface area (Å²) in [5.41, 5.74) is 1.37. The van der Waals surface area contributed by atoms with Crippen LogP contribution in [0.15, 0.2) is 34.1 Å². The maximum absolute atomic E-state index is 12.4. The van der Waals surface area contributed by atoms with Crippen molar-refractivity contribution in [1.82, 2.24) is 0 Å². The number of carbonyl (C=O) groups excluding carboxylic acids is 2. The Hall–Kier alpha value is -3.92. The minimum absolute atomic E-state index is 0.186. The van der Waals surface area contributed by atoms with E-state index in [9.17, 15) is 46.7 Å². The zero-order valence-electron chi connectivity index (χ0n) is 20.9. The molecule has 38 heavy (non-hydrogen) atoms. The average Bonchev–Trinajstić information content (AvgIpc) is 2.68. The fraction of sp³-hybridized carbons (Fsp3) is 0.364. The highest BCUT2D eigenvalue weighted by atomic mass is 32.2. The Morgan fingerprint density at radius 2 is 0.921 bits per heavy atom. The molecule has 0 saturated heterocycles. The van der Waals surface area contributed by atoms with E-state index in [1.807, 2.05) is 0 Å². The molecule has 0 aliphatic rings. The van der Waals surface area contributed by atoms with E-state index in [-0.39, 0.29) is 56.3 Å². The molecule has 2 rings (SSSR count). The predicted molar refractivity (Wildman–Crippen MR) is 136 cm³/mol. The number of nitro groups is 2. The molecule has 2 N–H and O–H groups in total. The van der Waals surface area contributed by atoms with Gasteiger partial charge < -0.3 is 10.6 Å². The highest BCUT2D eigenvalue weighted by molar-refractivity contribution is 7.91. The number of hydrogen-bond donors (Lipinski definition) is 2. The zero-order valence-corrected chi connectivity index (χ0v) is 22.6. The molecule has 0 atom stereocenters. The molecule has 0 unspecified atom stereocenters. The van der Waals surface area contributed by atoms with Crippen molar-refractivity contribution in [2.24, 2.45) is 0 Å². The first-order valence-electron chi connectivity index (χ1n) is 10.9. The van der Waals surface area contributed by atoms with Crippen LogP contribution in [0.4, 0.5) is 11.4 Å². The molecule has 0 heterocycles. The maximum atomic E-state index is 12.4. The smallest absolute Gasteiger partial charge is 0.305 e. The summed E-state index contributed by atoms with van der Waals surface area (Å²) >= 11 is 0. The van der Waals surface area contributed by atoms with Crippen LogP contribution in [-0.4, -0.2) is 50.3 Å². The van der Waals surface area contributed by atoms with E-state index in [4.69, 9.17) is 0 Å². The van der Waals surface area contributed by atoms with E-state index in [2.05, 4.69) is 10.6 Å². The molecule has 0 aliphatic heterocycles. The van der Waals surface area contributed by atoms with Gasteiger partial charge in [-0.05, 0) is 74.2 Å². The third kappa shape index (κ3) is 7.79. The van der Waals surface area contributed by atoms with Gasteiger partial charge in [0.25, 0.3) is 0 Å². The van der Waals surface area contributed by atoms with Gasteiger partial charge in [-0.25, -0.2) is 16.8 Å². The summed E-state index contributed by atoms with van der Waals surface area (Å²) in [5.74, 6) is -3.61. The number of nitrogens with zero attached hydrogens (tertiary/aromatic N) is 2. The molecule has 16 heteroatoms. The summed E-state index contributed by atoms with van der Waals surface area (Å²) in [6, 6.07) is 5.44. The van der Waals surface area contributed by atoms with Crippen LogP contribution in [0.1, 0.15) is 35.1 Å². The van der Waals surface area contributed by atoms with Crippen molar-refractivity contribution in [3.05, 3.63) is 66.7 Å². The number of benzene rings is 2. The number of hydrogen-bond acceptors (Lipinski definition) is 10. The van der Waals surface area contributed by atoms with Gasteiger partial charge in [0, 0.05) is 34.1 Å². The lowest BCUT2D eigenvalue weighted by atomic mass is 10.1. The Labute approximate surface area is 218 Å². The third-order valence-electron chi connectivity index (χ3n) is 5.24. The molecule has 0 aliphatic carbocycles. The fourth-order valence-electron chi connectivity index (χ4n) is 4.11. The standard InChI is InChI=1S/C22H26N4O10S2/c1-13-7-17(8-14(2)21(13)37(33,34)11-25(29)30)23-19(27)5-6-20(28)24-18-9-15(3)22(16(4)10-18)38(35,36)12-26(31)32/h7-10H,5-6,11-12H2,1-4H3,(H,23,27)(H,24,28). The number of anilines is 2. The minimum Gasteiger partial charge on any atom is -0.326 e. The third-order valence-corrected chi connectivity index (χ3v) is 8.87. The van der Waals surface area contributed by atoms with Gasteiger partial charge in [0.1, 0.15) is 0 Å².